The van der Waals surface area contributed by atoms with E-state index in [1.165, 1.54) is 4.90 Å². The molecule has 0 unspecified atom stereocenters. The zero-order chi connectivity index (χ0) is 22.7. The van der Waals surface area contributed by atoms with E-state index in [1.54, 1.807) is 5.06 Å². The van der Waals surface area contributed by atoms with Gasteiger partial charge in [0.25, 0.3) is 5.91 Å². The van der Waals surface area contributed by atoms with Crippen molar-refractivity contribution in [2.75, 3.05) is 9.96 Å². The number of imide groups is 1. The van der Waals surface area contributed by atoms with Gasteiger partial charge in [0.15, 0.2) is 6.10 Å². The number of aromatic nitrogens is 1. The molecule has 6 nitrogen and oxygen atoms in total. The molecule has 0 saturated carbocycles. The number of nitrogens with zero attached hydrogens (tertiary/aromatic N) is 2. The molecule has 164 valence electrons. The summed E-state index contributed by atoms with van der Waals surface area (Å²) in [5.74, 6) is -1.21. The average molecular weight is 437 g/mol. The first-order chi connectivity index (χ1) is 16.0. The Labute approximate surface area is 191 Å². The lowest BCUT2D eigenvalue weighted by Gasteiger charge is -2.29. The van der Waals surface area contributed by atoms with Crippen LogP contribution in [0, 0.1) is 19.8 Å². The average Bonchev–Trinajstić information content (AvgIpc) is 3.44. The molecule has 2 aliphatic heterocycles. The monoisotopic (exact) mass is 437 g/mol. The van der Waals surface area contributed by atoms with Crippen LogP contribution >= 0.6 is 0 Å². The lowest BCUT2D eigenvalue weighted by atomic mass is 9.89. The Hall–Kier alpha value is -3.90. The van der Waals surface area contributed by atoms with E-state index in [9.17, 15) is 9.59 Å². The fourth-order valence-electron chi connectivity index (χ4n) is 5.13. The lowest BCUT2D eigenvalue weighted by Crippen LogP contribution is -2.37. The zero-order valence-corrected chi connectivity index (χ0v) is 18.4. The number of carbonyl (C=O) groups is 2. The minimum atomic E-state index is -0.878. The molecule has 2 saturated heterocycles. The number of nitrogens with one attached hydrogen (secondary N) is 1. The van der Waals surface area contributed by atoms with E-state index in [4.69, 9.17) is 4.84 Å². The number of aromatic amines is 1. The Morgan fingerprint density at radius 3 is 2.24 bits per heavy atom. The molecule has 0 aliphatic carbocycles. The van der Waals surface area contributed by atoms with Crippen LogP contribution < -0.4 is 9.96 Å². The Morgan fingerprint density at radius 1 is 0.788 bits per heavy atom. The first kappa shape index (κ1) is 19.8. The minimum absolute atomic E-state index is 0.234. The molecule has 0 radical (unpaired) electrons. The van der Waals surface area contributed by atoms with E-state index in [-0.39, 0.29) is 11.8 Å². The fraction of sp³-hybridized carbons (Fsp3) is 0.185. The molecule has 0 bridgehead atoms. The molecule has 2 amide bonds. The van der Waals surface area contributed by atoms with Crippen molar-refractivity contribution in [2.24, 2.45) is 5.92 Å². The summed E-state index contributed by atoms with van der Waals surface area (Å²) >= 11 is 0. The van der Waals surface area contributed by atoms with Gasteiger partial charge in [0.05, 0.1) is 17.4 Å². The first-order valence-corrected chi connectivity index (χ1v) is 11.1. The van der Waals surface area contributed by atoms with E-state index >= 15 is 0 Å². The number of benzene rings is 3. The van der Waals surface area contributed by atoms with Gasteiger partial charge in [0.2, 0.25) is 5.91 Å². The van der Waals surface area contributed by atoms with Crippen molar-refractivity contribution < 1.29 is 14.4 Å². The number of amides is 2. The number of carbonyl (C=O) groups excluding carboxylic acids is 2. The lowest BCUT2D eigenvalue weighted by molar-refractivity contribution is -0.126. The molecule has 2 aliphatic rings. The van der Waals surface area contributed by atoms with Crippen molar-refractivity contribution in [1.29, 1.82) is 0 Å². The van der Waals surface area contributed by atoms with Crippen LogP contribution in [0.5, 0.6) is 0 Å². The number of anilines is 2. The molecule has 3 heterocycles. The largest absolute Gasteiger partial charge is 0.358 e. The third-order valence-corrected chi connectivity index (χ3v) is 6.66. The predicted octanol–water partition coefficient (Wildman–Crippen LogP) is 4.84. The smallest absolute Gasteiger partial charge is 0.266 e. The van der Waals surface area contributed by atoms with Crippen molar-refractivity contribution in [3.05, 3.63) is 95.7 Å². The van der Waals surface area contributed by atoms with Crippen LogP contribution in [-0.2, 0) is 14.4 Å². The number of hydrogen-bond donors (Lipinski definition) is 1. The summed E-state index contributed by atoms with van der Waals surface area (Å²) in [7, 11) is 0. The van der Waals surface area contributed by atoms with E-state index in [0.717, 1.165) is 33.4 Å². The summed E-state index contributed by atoms with van der Waals surface area (Å²) in [5, 5.41) is 2.78. The highest BCUT2D eigenvalue weighted by molar-refractivity contribution is 6.24. The highest BCUT2D eigenvalue weighted by atomic mass is 16.7. The normalized spacial score (nSPS) is 22.4. The fourth-order valence-corrected chi connectivity index (χ4v) is 5.13. The van der Waals surface area contributed by atoms with Crippen LogP contribution in [0.3, 0.4) is 0 Å². The molecular weight excluding hydrogens is 414 g/mol. The second-order valence-corrected chi connectivity index (χ2v) is 8.71. The number of aryl methyl sites for hydroxylation is 2. The highest BCUT2D eigenvalue weighted by Gasteiger charge is 2.60. The Kier molecular flexibility index (Phi) is 4.38. The van der Waals surface area contributed by atoms with Gasteiger partial charge in [-0.2, -0.15) is 0 Å². The van der Waals surface area contributed by atoms with Crippen LogP contribution in [0.1, 0.15) is 22.9 Å². The summed E-state index contributed by atoms with van der Waals surface area (Å²) in [6.45, 7) is 3.98. The Balaban J connectivity index is 1.51. The molecule has 1 aromatic heterocycles. The second-order valence-electron chi connectivity index (χ2n) is 8.71. The van der Waals surface area contributed by atoms with Gasteiger partial charge in [0, 0.05) is 22.2 Å². The highest BCUT2D eigenvalue weighted by Crippen LogP contribution is 2.49. The van der Waals surface area contributed by atoms with Gasteiger partial charge < -0.3 is 4.98 Å². The summed E-state index contributed by atoms with van der Waals surface area (Å²) in [6, 6.07) is 24.7. The summed E-state index contributed by atoms with van der Waals surface area (Å²) < 4.78 is 0. The van der Waals surface area contributed by atoms with Crippen LogP contribution in [0.15, 0.2) is 78.9 Å². The maximum absolute atomic E-state index is 13.8. The van der Waals surface area contributed by atoms with E-state index < -0.39 is 18.1 Å². The zero-order valence-electron chi connectivity index (χ0n) is 18.4. The number of hydroxylamine groups is 1. The van der Waals surface area contributed by atoms with Crippen molar-refractivity contribution in [3.63, 3.8) is 0 Å². The molecule has 3 aromatic carbocycles. The van der Waals surface area contributed by atoms with E-state index in [0.29, 0.717) is 5.69 Å². The minimum Gasteiger partial charge on any atom is -0.358 e. The molecule has 3 atom stereocenters. The Bertz CT molecular complexity index is 1380. The molecule has 2 fully saturated rings. The standard InChI is InChI=1S/C27H23N3O3/c1-16-12-14-18(15-13-16)29-26(31)23-24(22-17(2)28-21-11-7-6-10-20(21)22)30(33-25(23)27(29)32)19-8-4-3-5-9-19/h3-15,23-25,28H,1-2H3/t23-,24+,25-/m0/s1. The number of hydrogen-bond acceptors (Lipinski definition) is 4. The van der Waals surface area contributed by atoms with E-state index in [1.807, 2.05) is 92.7 Å². The molecule has 4 aromatic rings. The number of H-pyrrole nitrogens is 1. The van der Waals surface area contributed by atoms with Gasteiger partial charge in [-0.1, -0.05) is 54.1 Å². The molecule has 0 spiro atoms. The van der Waals surface area contributed by atoms with Crippen LogP contribution in [-0.4, -0.2) is 22.9 Å². The molecule has 1 N–H and O–H groups in total. The molecule has 33 heavy (non-hydrogen) atoms. The molecular formula is C27H23N3O3. The van der Waals surface area contributed by atoms with Gasteiger partial charge in [-0.25, -0.2) is 9.96 Å². The summed E-state index contributed by atoms with van der Waals surface area (Å²) in [5.41, 5.74) is 5.39. The van der Waals surface area contributed by atoms with Gasteiger partial charge in [-0.15, -0.1) is 0 Å². The quantitative estimate of drug-likeness (QED) is 0.466. The maximum atomic E-state index is 13.8. The van der Waals surface area contributed by atoms with Crippen LogP contribution in [0.2, 0.25) is 0 Å². The van der Waals surface area contributed by atoms with Gasteiger partial charge in [0.1, 0.15) is 5.92 Å². The van der Waals surface area contributed by atoms with Gasteiger partial charge in [-0.3, -0.25) is 14.4 Å². The first-order valence-electron chi connectivity index (χ1n) is 11.1. The van der Waals surface area contributed by atoms with Gasteiger partial charge in [-0.05, 0) is 44.2 Å². The molecule has 6 heteroatoms. The maximum Gasteiger partial charge on any atom is 0.266 e. The predicted molar refractivity (Wildman–Crippen MR) is 127 cm³/mol. The van der Waals surface area contributed by atoms with Crippen molar-refractivity contribution >= 4 is 34.1 Å². The second kappa shape index (κ2) is 7.32. The van der Waals surface area contributed by atoms with Gasteiger partial charge >= 0.3 is 0 Å². The third-order valence-electron chi connectivity index (χ3n) is 6.66. The third kappa shape index (κ3) is 2.91. The Morgan fingerprint density at radius 2 is 1.48 bits per heavy atom. The SMILES string of the molecule is Cc1ccc(N2C(=O)[C@@H]3[C@H](ON(c4ccccc4)[C@@H]3c3c(C)[nH]c4ccccc34)C2=O)cc1. The number of para-hydroxylation sites is 2. The van der Waals surface area contributed by atoms with Crippen molar-refractivity contribution in [2.45, 2.75) is 26.0 Å². The number of fused-ring (bicyclic) bond motifs is 2. The van der Waals surface area contributed by atoms with Crippen LogP contribution in [0.25, 0.3) is 10.9 Å². The topological polar surface area (TPSA) is 65.6 Å². The van der Waals surface area contributed by atoms with Crippen LogP contribution in [0.4, 0.5) is 11.4 Å². The molecule has 6 rings (SSSR count). The number of rotatable bonds is 3. The van der Waals surface area contributed by atoms with E-state index in [2.05, 4.69) is 4.98 Å². The van der Waals surface area contributed by atoms with Crippen molar-refractivity contribution in [1.82, 2.24) is 4.98 Å². The van der Waals surface area contributed by atoms with Crippen molar-refractivity contribution in [3.8, 4) is 0 Å². The summed E-state index contributed by atoms with van der Waals surface area (Å²) in [4.78, 5) is 38.3. The summed E-state index contributed by atoms with van der Waals surface area (Å²) in [6.07, 6.45) is -0.878.